The largest absolute Gasteiger partial charge is 0.453 e. The minimum absolute atomic E-state index is 0.123. The van der Waals surface area contributed by atoms with Crippen molar-refractivity contribution in [3.05, 3.63) is 53.8 Å². The van der Waals surface area contributed by atoms with E-state index in [-0.39, 0.29) is 5.75 Å². The summed E-state index contributed by atoms with van der Waals surface area (Å²) in [6.07, 6.45) is 0. The molecule has 96 valence electrons. The van der Waals surface area contributed by atoms with Gasteiger partial charge in [-0.05, 0) is 30.0 Å². The van der Waals surface area contributed by atoms with Crippen LogP contribution in [0.3, 0.4) is 0 Å². The standard InChI is InChI=1S/C15H12FNOS/c1-2-19-15-9-5-8-13(11(15)10-17)18-14-7-4-3-6-12(14)16/h3-9H,2H2,1H3. The van der Waals surface area contributed by atoms with E-state index >= 15 is 0 Å². The van der Waals surface area contributed by atoms with E-state index in [1.54, 1.807) is 36.0 Å². The molecule has 0 bridgehead atoms. The second kappa shape index (κ2) is 6.26. The van der Waals surface area contributed by atoms with Crippen molar-refractivity contribution < 1.29 is 9.13 Å². The molecule has 0 saturated carbocycles. The zero-order valence-corrected chi connectivity index (χ0v) is 11.2. The summed E-state index contributed by atoms with van der Waals surface area (Å²) in [5, 5.41) is 9.24. The van der Waals surface area contributed by atoms with Gasteiger partial charge in [-0.15, -0.1) is 11.8 Å². The van der Waals surface area contributed by atoms with Crippen LogP contribution in [0.15, 0.2) is 47.4 Å². The van der Waals surface area contributed by atoms with Crippen LogP contribution in [0.1, 0.15) is 12.5 Å². The minimum atomic E-state index is -0.445. The molecule has 0 N–H and O–H groups in total. The molecule has 0 aromatic heterocycles. The van der Waals surface area contributed by atoms with Gasteiger partial charge in [0.05, 0.1) is 0 Å². The molecule has 4 heteroatoms. The third kappa shape index (κ3) is 3.07. The molecule has 0 radical (unpaired) electrons. The van der Waals surface area contributed by atoms with Crippen molar-refractivity contribution in [1.29, 1.82) is 5.26 Å². The van der Waals surface area contributed by atoms with Gasteiger partial charge in [0, 0.05) is 4.90 Å². The number of para-hydroxylation sites is 1. The maximum absolute atomic E-state index is 13.5. The Labute approximate surface area is 115 Å². The summed E-state index contributed by atoms with van der Waals surface area (Å²) in [5.74, 6) is 0.918. The van der Waals surface area contributed by atoms with E-state index in [0.717, 1.165) is 10.6 Å². The van der Waals surface area contributed by atoms with Gasteiger partial charge >= 0.3 is 0 Å². The van der Waals surface area contributed by atoms with Crippen LogP contribution in [0.2, 0.25) is 0 Å². The van der Waals surface area contributed by atoms with Gasteiger partial charge in [0.25, 0.3) is 0 Å². The van der Waals surface area contributed by atoms with Gasteiger partial charge in [-0.3, -0.25) is 0 Å². The van der Waals surface area contributed by atoms with E-state index in [0.29, 0.717) is 11.3 Å². The maximum Gasteiger partial charge on any atom is 0.165 e. The molecule has 0 fully saturated rings. The number of ether oxygens (including phenoxy) is 1. The molecule has 0 aliphatic carbocycles. The predicted octanol–water partition coefficient (Wildman–Crippen LogP) is 4.60. The number of nitriles is 1. The number of halogens is 1. The monoisotopic (exact) mass is 273 g/mol. The molecular formula is C15H12FNOS. The number of thioether (sulfide) groups is 1. The normalized spacial score (nSPS) is 9.95. The first-order valence-corrected chi connectivity index (χ1v) is 6.83. The van der Waals surface area contributed by atoms with Gasteiger partial charge in [0.2, 0.25) is 0 Å². The smallest absolute Gasteiger partial charge is 0.165 e. The van der Waals surface area contributed by atoms with Crippen molar-refractivity contribution in [2.45, 2.75) is 11.8 Å². The van der Waals surface area contributed by atoms with E-state index in [1.165, 1.54) is 12.1 Å². The van der Waals surface area contributed by atoms with E-state index < -0.39 is 5.82 Å². The minimum Gasteiger partial charge on any atom is -0.453 e. The highest BCUT2D eigenvalue weighted by Crippen LogP contribution is 2.33. The molecular weight excluding hydrogens is 261 g/mol. The van der Waals surface area contributed by atoms with Crippen LogP contribution in [0.4, 0.5) is 4.39 Å². The van der Waals surface area contributed by atoms with Crippen LogP contribution >= 0.6 is 11.8 Å². The molecule has 0 amide bonds. The molecule has 0 spiro atoms. The fourth-order valence-corrected chi connectivity index (χ4v) is 2.40. The van der Waals surface area contributed by atoms with E-state index in [4.69, 9.17) is 4.74 Å². The second-order valence-corrected chi connectivity index (χ2v) is 5.01. The van der Waals surface area contributed by atoms with Crippen molar-refractivity contribution in [2.75, 3.05) is 5.75 Å². The Bertz CT molecular complexity index is 622. The number of rotatable bonds is 4. The van der Waals surface area contributed by atoms with Gasteiger partial charge in [-0.25, -0.2) is 4.39 Å². The lowest BCUT2D eigenvalue weighted by molar-refractivity contribution is 0.440. The first-order chi connectivity index (χ1) is 9.26. The lowest BCUT2D eigenvalue weighted by Crippen LogP contribution is -1.92. The molecule has 0 aliphatic heterocycles. The third-order valence-corrected chi connectivity index (χ3v) is 3.40. The van der Waals surface area contributed by atoms with Crippen LogP contribution in [0.5, 0.6) is 11.5 Å². The third-order valence-electron chi connectivity index (χ3n) is 2.46. The summed E-state index contributed by atoms with van der Waals surface area (Å²) < 4.78 is 19.1. The molecule has 0 atom stereocenters. The first-order valence-electron chi connectivity index (χ1n) is 5.84. The highest BCUT2D eigenvalue weighted by molar-refractivity contribution is 7.99. The molecule has 2 rings (SSSR count). The maximum atomic E-state index is 13.5. The molecule has 0 saturated heterocycles. The van der Waals surface area contributed by atoms with Crippen molar-refractivity contribution in [3.8, 4) is 17.6 Å². The van der Waals surface area contributed by atoms with Gasteiger partial charge in [-0.1, -0.05) is 25.1 Å². The zero-order chi connectivity index (χ0) is 13.7. The van der Waals surface area contributed by atoms with Gasteiger partial charge in [0.1, 0.15) is 17.4 Å². The number of hydrogen-bond donors (Lipinski definition) is 0. The van der Waals surface area contributed by atoms with Crippen molar-refractivity contribution >= 4 is 11.8 Å². The lowest BCUT2D eigenvalue weighted by Gasteiger charge is -2.10. The molecule has 2 nitrogen and oxygen atoms in total. The molecule has 19 heavy (non-hydrogen) atoms. The zero-order valence-electron chi connectivity index (χ0n) is 10.4. The molecule has 2 aromatic rings. The van der Waals surface area contributed by atoms with E-state index in [9.17, 15) is 9.65 Å². The van der Waals surface area contributed by atoms with Crippen LogP contribution in [0, 0.1) is 17.1 Å². The molecule has 0 unspecified atom stereocenters. The van der Waals surface area contributed by atoms with Crippen LogP contribution in [-0.2, 0) is 0 Å². The molecule has 0 heterocycles. The summed E-state index contributed by atoms with van der Waals surface area (Å²) in [7, 11) is 0. The van der Waals surface area contributed by atoms with Crippen LogP contribution in [0.25, 0.3) is 0 Å². The van der Waals surface area contributed by atoms with Crippen LogP contribution < -0.4 is 4.74 Å². The van der Waals surface area contributed by atoms with Crippen molar-refractivity contribution in [3.63, 3.8) is 0 Å². The van der Waals surface area contributed by atoms with E-state index in [1.807, 2.05) is 13.0 Å². The van der Waals surface area contributed by atoms with Crippen LogP contribution in [-0.4, -0.2) is 5.75 Å². The fraction of sp³-hybridized carbons (Fsp3) is 0.133. The predicted molar refractivity (Wildman–Crippen MR) is 74.0 cm³/mol. The summed E-state index contributed by atoms with van der Waals surface area (Å²) in [5.41, 5.74) is 0.442. The Hall–Kier alpha value is -1.99. The van der Waals surface area contributed by atoms with E-state index in [2.05, 4.69) is 6.07 Å². The number of benzene rings is 2. The van der Waals surface area contributed by atoms with Crippen molar-refractivity contribution in [2.24, 2.45) is 0 Å². The quantitative estimate of drug-likeness (QED) is 0.763. The van der Waals surface area contributed by atoms with Gasteiger partial charge in [-0.2, -0.15) is 5.26 Å². The summed E-state index contributed by atoms with van der Waals surface area (Å²) in [4.78, 5) is 0.846. The number of hydrogen-bond acceptors (Lipinski definition) is 3. The first kappa shape index (κ1) is 13.4. The number of nitrogens with zero attached hydrogens (tertiary/aromatic N) is 1. The lowest BCUT2D eigenvalue weighted by atomic mass is 10.2. The average molecular weight is 273 g/mol. The summed E-state index contributed by atoms with van der Waals surface area (Å²) in [6, 6.07) is 13.6. The molecule has 2 aromatic carbocycles. The Balaban J connectivity index is 2.38. The topological polar surface area (TPSA) is 33.0 Å². The Morgan fingerprint density at radius 3 is 2.58 bits per heavy atom. The summed E-state index contributed by atoms with van der Waals surface area (Å²) in [6.45, 7) is 2.01. The van der Waals surface area contributed by atoms with Gasteiger partial charge < -0.3 is 4.74 Å². The van der Waals surface area contributed by atoms with Crippen molar-refractivity contribution in [1.82, 2.24) is 0 Å². The Morgan fingerprint density at radius 2 is 1.89 bits per heavy atom. The second-order valence-electron chi connectivity index (χ2n) is 3.71. The summed E-state index contributed by atoms with van der Waals surface area (Å²) >= 11 is 1.56. The van der Waals surface area contributed by atoms with Gasteiger partial charge in [0.15, 0.2) is 11.6 Å². The highest BCUT2D eigenvalue weighted by atomic mass is 32.2. The SMILES string of the molecule is CCSc1cccc(Oc2ccccc2F)c1C#N. The highest BCUT2D eigenvalue weighted by Gasteiger charge is 2.11. The average Bonchev–Trinajstić information content (AvgIpc) is 2.42. The Morgan fingerprint density at radius 1 is 1.16 bits per heavy atom. The Kier molecular flexibility index (Phi) is 4.43. The fourth-order valence-electron chi connectivity index (χ4n) is 1.63. The molecule has 0 aliphatic rings.